The first-order chi connectivity index (χ1) is 17.2. The minimum Gasteiger partial charge on any atom is -0.339 e. The highest BCUT2D eigenvalue weighted by atomic mass is 16.2. The number of amides is 2. The van der Waals surface area contributed by atoms with Crippen molar-refractivity contribution < 1.29 is 9.59 Å². The van der Waals surface area contributed by atoms with Gasteiger partial charge in [-0.25, -0.2) is 0 Å². The third kappa shape index (κ3) is 7.90. The van der Waals surface area contributed by atoms with E-state index in [0.717, 1.165) is 31.5 Å². The van der Waals surface area contributed by atoms with E-state index in [4.69, 9.17) is 0 Å². The van der Waals surface area contributed by atoms with Crippen molar-refractivity contribution >= 4 is 11.8 Å². The van der Waals surface area contributed by atoms with E-state index >= 15 is 0 Å². The molecule has 6 nitrogen and oxygen atoms in total. The third-order valence-electron chi connectivity index (χ3n) is 8.01. The van der Waals surface area contributed by atoms with Gasteiger partial charge in [0.05, 0.1) is 12.1 Å². The Labute approximate surface area is 226 Å². The van der Waals surface area contributed by atoms with Crippen LogP contribution in [0.15, 0.2) is 42.0 Å². The van der Waals surface area contributed by atoms with Crippen molar-refractivity contribution in [2.45, 2.75) is 91.8 Å². The van der Waals surface area contributed by atoms with Crippen molar-refractivity contribution in [3.8, 4) is 0 Å². The van der Waals surface area contributed by atoms with E-state index in [0.29, 0.717) is 6.54 Å². The number of carbonyl (C=O) groups is 2. The molecule has 1 aliphatic heterocycles. The number of benzene rings is 1. The molecule has 1 fully saturated rings. The van der Waals surface area contributed by atoms with Crippen LogP contribution in [0.3, 0.4) is 0 Å². The summed E-state index contributed by atoms with van der Waals surface area (Å²) in [5, 5.41) is 7.12. The first-order valence-electron chi connectivity index (χ1n) is 13.9. The number of nitrogens with zero attached hydrogens (tertiary/aromatic N) is 2. The first-order valence-corrected chi connectivity index (χ1v) is 13.9. The fourth-order valence-electron chi connectivity index (χ4n) is 5.39. The van der Waals surface area contributed by atoms with Gasteiger partial charge in [-0.2, -0.15) is 0 Å². The summed E-state index contributed by atoms with van der Waals surface area (Å²) in [7, 11) is 3.86. The summed E-state index contributed by atoms with van der Waals surface area (Å²) in [6, 6.07) is 10.1. The van der Waals surface area contributed by atoms with Gasteiger partial charge in [0.1, 0.15) is 0 Å². The number of hydrogen-bond donors (Lipinski definition) is 2. The summed E-state index contributed by atoms with van der Waals surface area (Å²) in [5.74, 6) is 0.323. The summed E-state index contributed by atoms with van der Waals surface area (Å²) in [4.78, 5) is 30.7. The van der Waals surface area contributed by atoms with Gasteiger partial charge in [-0.05, 0) is 43.7 Å². The van der Waals surface area contributed by atoms with Crippen LogP contribution in [-0.4, -0.2) is 73.5 Å². The smallest absolute Gasteiger partial charge is 0.249 e. The van der Waals surface area contributed by atoms with Gasteiger partial charge in [0, 0.05) is 43.7 Å². The maximum atomic E-state index is 14.0. The molecule has 0 aromatic heterocycles. The SMILES string of the molecule is CN[C@H](CN[C@H](C(=O)N(C)[C@H](/C=C(\C)C(=O)N1CCCC1)C(C)C)C(C)(C)C)C(C)(C)c1ccccc1. The van der Waals surface area contributed by atoms with Crippen LogP contribution in [0.1, 0.15) is 73.8 Å². The minimum atomic E-state index is -0.371. The average Bonchev–Trinajstić information content (AvgIpc) is 3.38. The monoisotopic (exact) mass is 512 g/mol. The normalized spacial score (nSPS) is 17.6. The lowest BCUT2D eigenvalue weighted by Gasteiger charge is -2.40. The van der Waals surface area contributed by atoms with Crippen LogP contribution in [0, 0.1) is 11.3 Å². The molecule has 1 saturated heterocycles. The summed E-state index contributed by atoms with van der Waals surface area (Å²) < 4.78 is 0. The number of hydrogen-bond acceptors (Lipinski definition) is 4. The Balaban J connectivity index is 2.23. The zero-order valence-corrected chi connectivity index (χ0v) is 25.0. The largest absolute Gasteiger partial charge is 0.339 e. The number of likely N-dealkylation sites (N-methyl/N-ethyl adjacent to an activating group) is 2. The Bertz CT molecular complexity index is 911. The maximum Gasteiger partial charge on any atom is 0.249 e. The molecule has 2 rings (SSSR count). The van der Waals surface area contributed by atoms with Gasteiger partial charge < -0.3 is 20.4 Å². The second-order valence-corrected chi connectivity index (χ2v) is 12.7. The van der Waals surface area contributed by atoms with Crippen molar-refractivity contribution in [1.82, 2.24) is 20.4 Å². The quantitative estimate of drug-likeness (QED) is 0.425. The molecule has 6 heteroatoms. The molecule has 1 aromatic rings. The molecule has 2 N–H and O–H groups in total. The molecule has 2 amide bonds. The highest BCUT2D eigenvalue weighted by Crippen LogP contribution is 2.28. The molecule has 3 atom stereocenters. The van der Waals surface area contributed by atoms with Gasteiger partial charge in [-0.1, -0.05) is 84.9 Å². The Morgan fingerprint density at radius 2 is 1.62 bits per heavy atom. The fourth-order valence-corrected chi connectivity index (χ4v) is 5.39. The van der Waals surface area contributed by atoms with E-state index in [2.05, 4.69) is 83.4 Å². The van der Waals surface area contributed by atoms with Crippen LogP contribution in [0.2, 0.25) is 0 Å². The van der Waals surface area contributed by atoms with Crippen LogP contribution < -0.4 is 10.6 Å². The first kappa shape index (κ1) is 31.0. The molecule has 1 aromatic carbocycles. The standard InChI is InChI=1S/C31H52N4O2/c1-22(2)25(20-23(3)28(36)35-18-14-15-19-35)34(10)29(37)27(30(4,5)6)33-21-26(32-9)31(7,8)24-16-12-11-13-17-24/h11-13,16-17,20,22,25-27,32-33H,14-15,18-19,21H2,1-10H3/b23-20+/t25-,26-,27-/m1/s1. The van der Waals surface area contributed by atoms with Gasteiger partial charge in [-0.15, -0.1) is 0 Å². The highest BCUT2D eigenvalue weighted by molar-refractivity contribution is 5.93. The highest BCUT2D eigenvalue weighted by Gasteiger charge is 2.38. The minimum absolute atomic E-state index is 0.0521. The Morgan fingerprint density at radius 1 is 1.05 bits per heavy atom. The zero-order chi connectivity index (χ0) is 28.0. The maximum absolute atomic E-state index is 14.0. The van der Waals surface area contributed by atoms with Crippen molar-refractivity contribution in [1.29, 1.82) is 0 Å². The van der Waals surface area contributed by atoms with Crippen molar-refractivity contribution in [3.05, 3.63) is 47.5 Å². The third-order valence-corrected chi connectivity index (χ3v) is 8.01. The summed E-state index contributed by atoms with van der Waals surface area (Å²) in [6.07, 6.45) is 4.13. The van der Waals surface area contributed by atoms with Crippen LogP contribution in [0.4, 0.5) is 0 Å². The molecule has 1 aliphatic rings. The van der Waals surface area contributed by atoms with Crippen molar-refractivity contribution in [2.24, 2.45) is 11.3 Å². The van der Waals surface area contributed by atoms with Crippen LogP contribution in [0.25, 0.3) is 0 Å². The number of carbonyl (C=O) groups excluding carboxylic acids is 2. The predicted octanol–water partition coefficient (Wildman–Crippen LogP) is 4.61. The molecule has 0 radical (unpaired) electrons. The summed E-state index contributed by atoms with van der Waals surface area (Å²) >= 11 is 0. The lowest BCUT2D eigenvalue weighted by atomic mass is 9.77. The van der Waals surface area contributed by atoms with E-state index in [1.54, 1.807) is 0 Å². The van der Waals surface area contributed by atoms with E-state index in [-0.39, 0.29) is 46.7 Å². The number of likely N-dealkylation sites (tertiary alicyclic amines) is 1. The molecule has 0 bridgehead atoms. The van der Waals surface area contributed by atoms with Crippen LogP contribution in [0.5, 0.6) is 0 Å². The van der Waals surface area contributed by atoms with Crippen LogP contribution >= 0.6 is 0 Å². The lowest BCUT2D eigenvalue weighted by molar-refractivity contribution is -0.137. The lowest BCUT2D eigenvalue weighted by Crippen LogP contribution is -2.59. The summed E-state index contributed by atoms with van der Waals surface area (Å²) in [5.41, 5.74) is 1.57. The molecule has 1 heterocycles. The van der Waals surface area contributed by atoms with Gasteiger partial charge in [0.15, 0.2) is 0 Å². The Kier molecular flexibility index (Phi) is 11.0. The molecular formula is C31H52N4O2. The van der Waals surface area contributed by atoms with Gasteiger partial charge in [0.25, 0.3) is 0 Å². The molecular weight excluding hydrogens is 460 g/mol. The molecule has 0 aliphatic carbocycles. The van der Waals surface area contributed by atoms with Crippen molar-refractivity contribution in [3.63, 3.8) is 0 Å². The van der Waals surface area contributed by atoms with E-state index < -0.39 is 0 Å². The summed E-state index contributed by atoms with van der Waals surface area (Å²) in [6.45, 7) is 19.2. The van der Waals surface area contributed by atoms with E-state index in [1.807, 2.05) is 43.0 Å². The second kappa shape index (κ2) is 13.1. The van der Waals surface area contributed by atoms with E-state index in [1.165, 1.54) is 5.56 Å². The Morgan fingerprint density at radius 3 is 2.11 bits per heavy atom. The number of rotatable bonds is 11. The van der Waals surface area contributed by atoms with Gasteiger partial charge in [-0.3, -0.25) is 9.59 Å². The molecule has 0 spiro atoms. The molecule has 0 unspecified atom stereocenters. The van der Waals surface area contributed by atoms with Crippen molar-refractivity contribution in [2.75, 3.05) is 33.7 Å². The average molecular weight is 513 g/mol. The number of nitrogens with one attached hydrogen (secondary N) is 2. The van der Waals surface area contributed by atoms with E-state index in [9.17, 15) is 9.59 Å². The molecule has 37 heavy (non-hydrogen) atoms. The fraction of sp³-hybridized carbons (Fsp3) is 0.677. The predicted molar refractivity (Wildman–Crippen MR) is 155 cm³/mol. The van der Waals surface area contributed by atoms with Gasteiger partial charge >= 0.3 is 0 Å². The Hall–Kier alpha value is -2.18. The zero-order valence-electron chi connectivity index (χ0n) is 25.0. The topological polar surface area (TPSA) is 64.7 Å². The second-order valence-electron chi connectivity index (χ2n) is 12.7. The van der Waals surface area contributed by atoms with Crippen LogP contribution in [-0.2, 0) is 15.0 Å². The molecule has 0 saturated carbocycles. The molecule has 208 valence electrons. The van der Waals surface area contributed by atoms with Gasteiger partial charge in [0.2, 0.25) is 11.8 Å².